The molecule has 0 heterocycles. The summed E-state index contributed by atoms with van der Waals surface area (Å²) in [5.74, 6) is 0.145. The van der Waals surface area contributed by atoms with Gasteiger partial charge in [-0.25, -0.2) is 0 Å². The highest BCUT2D eigenvalue weighted by atomic mass is 15.2. The lowest BCUT2D eigenvalue weighted by molar-refractivity contribution is 0.676. The van der Waals surface area contributed by atoms with Crippen LogP contribution in [-0.4, -0.2) is 6.04 Å². The number of anilines is 1. The van der Waals surface area contributed by atoms with Gasteiger partial charge in [0.25, 0.3) is 0 Å². The Bertz CT molecular complexity index is 2350. The minimum absolute atomic E-state index is 0.145. The Kier molecular flexibility index (Phi) is 12.2. The average molecular weight is 742 g/mol. The van der Waals surface area contributed by atoms with Gasteiger partial charge in [0, 0.05) is 17.3 Å². The molecule has 3 aliphatic carbocycles. The van der Waals surface area contributed by atoms with Crippen molar-refractivity contribution in [3.8, 4) is 11.1 Å². The van der Waals surface area contributed by atoms with E-state index in [1.54, 1.807) is 0 Å². The summed E-state index contributed by atoms with van der Waals surface area (Å²) in [4.78, 5) is 2.69. The lowest BCUT2D eigenvalue weighted by Crippen LogP contribution is -2.36. The standard InChI is InChI=1S/C56H55N/c1-3-5-18-49-41-50(33-38-54(49)46-23-14-8-15-24-46)55-25-16-9-17-26-56(55)57(52-34-27-42(4-2)28-35-52)53-36-31-45(32-37-53)48-30-29-47(43-19-10-6-11-20-43)39-51(40-48)44-21-12-7-13-22-44/h6-16,19-25,27,29-34,36-41,48,56H,3-5,17-18,26,28,35H2,1-2H3. The normalized spacial score (nSPS) is 18.0. The smallest absolute Gasteiger partial charge is 0.0597 e. The molecule has 0 saturated heterocycles. The van der Waals surface area contributed by atoms with Gasteiger partial charge < -0.3 is 4.90 Å². The zero-order chi connectivity index (χ0) is 38.8. The van der Waals surface area contributed by atoms with Gasteiger partial charge in [0.15, 0.2) is 0 Å². The van der Waals surface area contributed by atoms with E-state index in [0.717, 1.165) is 38.5 Å². The van der Waals surface area contributed by atoms with Crippen LogP contribution >= 0.6 is 0 Å². The largest absolute Gasteiger partial charge is 0.338 e. The molecular weight excluding hydrogens is 687 g/mol. The van der Waals surface area contributed by atoms with Gasteiger partial charge in [0.2, 0.25) is 0 Å². The van der Waals surface area contributed by atoms with Crippen LogP contribution in [0.4, 0.5) is 5.69 Å². The topological polar surface area (TPSA) is 3.24 Å². The van der Waals surface area contributed by atoms with Crippen molar-refractivity contribution in [3.05, 3.63) is 227 Å². The molecule has 1 nitrogen and oxygen atoms in total. The quantitative estimate of drug-likeness (QED) is 0.123. The molecule has 0 bridgehead atoms. The molecule has 0 spiro atoms. The molecule has 2 unspecified atom stereocenters. The molecule has 0 fully saturated rings. The number of rotatable bonds is 12. The number of nitrogens with zero attached hydrogens (tertiary/aromatic N) is 1. The van der Waals surface area contributed by atoms with Crippen molar-refractivity contribution in [2.45, 2.75) is 77.2 Å². The van der Waals surface area contributed by atoms with Gasteiger partial charge >= 0.3 is 0 Å². The van der Waals surface area contributed by atoms with E-state index in [2.05, 4.69) is 207 Å². The monoisotopic (exact) mass is 741 g/mol. The highest BCUT2D eigenvalue weighted by Crippen LogP contribution is 2.40. The van der Waals surface area contributed by atoms with E-state index >= 15 is 0 Å². The predicted molar refractivity (Wildman–Crippen MR) is 246 cm³/mol. The lowest BCUT2D eigenvalue weighted by Gasteiger charge is -2.38. The van der Waals surface area contributed by atoms with Crippen molar-refractivity contribution in [3.63, 3.8) is 0 Å². The zero-order valence-electron chi connectivity index (χ0n) is 33.7. The minimum atomic E-state index is 0.145. The van der Waals surface area contributed by atoms with Crippen molar-refractivity contribution < 1.29 is 0 Å². The predicted octanol–water partition coefficient (Wildman–Crippen LogP) is 15.1. The first-order valence-electron chi connectivity index (χ1n) is 21.2. The molecule has 2 atom stereocenters. The molecule has 0 aromatic heterocycles. The number of hydrogen-bond donors (Lipinski definition) is 0. The Morgan fingerprint density at radius 2 is 1.35 bits per heavy atom. The van der Waals surface area contributed by atoms with Crippen LogP contribution in [0, 0.1) is 0 Å². The molecule has 0 N–H and O–H groups in total. The molecule has 0 radical (unpaired) electrons. The number of unbranched alkanes of at least 4 members (excludes halogenated alkanes) is 1. The maximum atomic E-state index is 2.69. The molecule has 57 heavy (non-hydrogen) atoms. The van der Waals surface area contributed by atoms with Gasteiger partial charge in [0.1, 0.15) is 0 Å². The Balaban J connectivity index is 1.17. The van der Waals surface area contributed by atoms with Crippen molar-refractivity contribution in [1.82, 2.24) is 0 Å². The van der Waals surface area contributed by atoms with Gasteiger partial charge in [-0.3, -0.25) is 0 Å². The fraction of sp³-hybridized carbons (Fsp3) is 0.214. The van der Waals surface area contributed by atoms with Crippen molar-refractivity contribution in [1.29, 1.82) is 0 Å². The van der Waals surface area contributed by atoms with Gasteiger partial charge in [-0.2, -0.15) is 0 Å². The molecule has 5 aromatic carbocycles. The molecule has 0 saturated carbocycles. The third-order valence-electron chi connectivity index (χ3n) is 11.9. The summed E-state index contributed by atoms with van der Waals surface area (Å²) in [6.45, 7) is 4.58. The zero-order valence-corrected chi connectivity index (χ0v) is 33.7. The Labute approximate surface area is 341 Å². The second-order valence-corrected chi connectivity index (χ2v) is 15.6. The molecule has 3 aliphatic rings. The third kappa shape index (κ3) is 8.90. The maximum Gasteiger partial charge on any atom is 0.0597 e. The van der Waals surface area contributed by atoms with Gasteiger partial charge in [-0.15, -0.1) is 0 Å². The van der Waals surface area contributed by atoms with Crippen LogP contribution in [0.15, 0.2) is 199 Å². The third-order valence-corrected chi connectivity index (χ3v) is 11.9. The van der Waals surface area contributed by atoms with E-state index in [4.69, 9.17) is 0 Å². The minimum Gasteiger partial charge on any atom is -0.338 e. The summed E-state index contributed by atoms with van der Waals surface area (Å²) in [6.07, 6.45) is 30.1. The van der Waals surface area contributed by atoms with E-state index in [-0.39, 0.29) is 12.0 Å². The second kappa shape index (κ2) is 18.4. The summed E-state index contributed by atoms with van der Waals surface area (Å²) in [5.41, 5.74) is 17.3. The SMILES string of the molecule is CCCCc1cc(C2=CC=CCCC2N(C2=CC=C(CC)CC2)c2ccc(C3C=CC(c4ccccc4)=CC(c4ccccc4)=C3)cc2)ccc1-c1ccccc1. The summed E-state index contributed by atoms with van der Waals surface area (Å²) < 4.78 is 0. The van der Waals surface area contributed by atoms with Gasteiger partial charge in [-0.1, -0.05) is 190 Å². The van der Waals surface area contributed by atoms with E-state index < -0.39 is 0 Å². The number of aryl methyl sites for hydroxylation is 1. The first-order valence-corrected chi connectivity index (χ1v) is 21.2. The molecule has 0 amide bonds. The van der Waals surface area contributed by atoms with Crippen LogP contribution in [0.3, 0.4) is 0 Å². The van der Waals surface area contributed by atoms with Crippen LogP contribution in [0.5, 0.6) is 0 Å². The highest BCUT2D eigenvalue weighted by Gasteiger charge is 2.28. The van der Waals surface area contributed by atoms with Crippen LogP contribution in [0.1, 0.15) is 92.5 Å². The van der Waals surface area contributed by atoms with Crippen molar-refractivity contribution in [2.24, 2.45) is 0 Å². The van der Waals surface area contributed by atoms with Gasteiger partial charge in [0.05, 0.1) is 6.04 Å². The highest BCUT2D eigenvalue weighted by molar-refractivity contribution is 5.89. The maximum absolute atomic E-state index is 2.69. The van der Waals surface area contributed by atoms with Crippen LogP contribution in [0.25, 0.3) is 27.8 Å². The first kappa shape index (κ1) is 38.0. The molecular formula is C56H55N. The van der Waals surface area contributed by atoms with E-state index in [9.17, 15) is 0 Å². The van der Waals surface area contributed by atoms with Crippen LogP contribution in [0.2, 0.25) is 0 Å². The fourth-order valence-corrected chi connectivity index (χ4v) is 8.71. The summed E-state index contributed by atoms with van der Waals surface area (Å²) in [7, 11) is 0. The van der Waals surface area contributed by atoms with Crippen molar-refractivity contribution in [2.75, 3.05) is 4.90 Å². The Hall–Kier alpha value is -5.92. The van der Waals surface area contributed by atoms with Crippen molar-refractivity contribution >= 4 is 22.4 Å². The Morgan fingerprint density at radius 1 is 0.649 bits per heavy atom. The first-order chi connectivity index (χ1) is 28.2. The molecule has 5 aromatic rings. The number of benzene rings is 5. The summed E-state index contributed by atoms with van der Waals surface area (Å²) in [5, 5.41) is 0. The molecule has 8 rings (SSSR count). The van der Waals surface area contributed by atoms with Crippen LogP contribution in [-0.2, 0) is 6.42 Å². The van der Waals surface area contributed by atoms with E-state index in [1.807, 2.05) is 0 Å². The summed E-state index contributed by atoms with van der Waals surface area (Å²) >= 11 is 0. The number of hydrogen-bond acceptors (Lipinski definition) is 1. The van der Waals surface area contributed by atoms with E-state index in [1.165, 1.54) is 85.5 Å². The average Bonchev–Trinajstić information content (AvgIpc) is 3.67. The lowest BCUT2D eigenvalue weighted by atomic mass is 9.87. The number of allylic oxidation sites excluding steroid dienone is 13. The molecule has 1 heteroatoms. The molecule has 0 aliphatic heterocycles. The van der Waals surface area contributed by atoms with Crippen LogP contribution < -0.4 is 4.90 Å². The summed E-state index contributed by atoms with van der Waals surface area (Å²) in [6, 6.07) is 49.5. The van der Waals surface area contributed by atoms with E-state index in [0.29, 0.717) is 0 Å². The van der Waals surface area contributed by atoms with Gasteiger partial charge in [-0.05, 0) is 125 Å². The Morgan fingerprint density at radius 3 is 2.02 bits per heavy atom. The second-order valence-electron chi connectivity index (χ2n) is 15.6. The molecule has 284 valence electrons. The fourth-order valence-electron chi connectivity index (χ4n) is 8.71.